The smallest absolute Gasteiger partial charge is 0.0914 e. The maximum Gasteiger partial charge on any atom is 0.0914 e. The SMILES string of the molecule is OC(CNCc1cncs1)c1ccc2ccccc2c1. The van der Waals surface area contributed by atoms with Gasteiger partial charge in [-0.25, -0.2) is 0 Å². The Labute approximate surface area is 121 Å². The summed E-state index contributed by atoms with van der Waals surface area (Å²) in [5.41, 5.74) is 2.76. The molecule has 0 aliphatic heterocycles. The molecule has 3 aromatic rings. The molecule has 0 fully saturated rings. The molecule has 102 valence electrons. The van der Waals surface area contributed by atoms with E-state index < -0.39 is 6.10 Å². The predicted molar refractivity (Wildman–Crippen MR) is 82.7 cm³/mol. The summed E-state index contributed by atoms with van der Waals surface area (Å²) >= 11 is 1.62. The Kier molecular flexibility index (Phi) is 4.06. The fourth-order valence-electron chi connectivity index (χ4n) is 2.19. The minimum absolute atomic E-state index is 0.493. The number of aromatic nitrogens is 1. The monoisotopic (exact) mass is 284 g/mol. The summed E-state index contributed by atoms with van der Waals surface area (Å²) in [5, 5.41) is 15.8. The molecular weight excluding hydrogens is 268 g/mol. The number of nitrogens with zero attached hydrogens (tertiary/aromatic N) is 1. The van der Waals surface area contributed by atoms with Crippen molar-refractivity contribution in [2.75, 3.05) is 6.54 Å². The molecule has 0 aliphatic rings. The Balaban J connectivity index is 1.64. The fourth-order valence-corrected chi connectivity index (χ4v) is 2.76. The maximum absolute atomic E-state index is 10.2. The van der Waals surface area contributed by atoms with E-state index in [1.165, 1.54) is 10.3 Å². The van der Waals surface area contributed by atoms with Gasteiger partial charge < -0.3 is 10.4 Å². The average molecular weight is 284 g/mol. The quantitative estimate of drug-likeness (QED) is 0.756. The Bertz CT molecular complexity index is 682. The van der Waals surface area contributed by atoms with Gasteiger partial charge in [-0.3, -0.25) is 4.98 Å². The molecule has 0 amide bonds. The van der Waals surface area contributed by atoms with Crippen LogP contribution in [0.15, 0.2) is 54.2 Å². The van der Waals surface area contributed by atoms with Gasteiger partial charge in [-0.2, -0.15) is 0 Å². The second-order valence-electron chi connectivity index (χ2n) is 4.72. The molecule has 0 radical (unpaired) electrons. The van der Waals surface area contributed by atoms with Crippen molar-refractivity contribution in [2.45, 2.75) is 12.6 Å². The summed E-state index contributed by atoms with van der Waals surface area (Å²) in [6, 6.07) is 14.3. The average Bonchev–Trinajstić information content (AvgIpc) is 3.00. The molecular formula is C16H16N2OS. The molecule has 1 heterocycles. The van der Waals surface area contributed by atoms with Crippen LogP contribution in [-0.2, 0) is 6.54 Å². The maximum atomic E-state index is 10.2. The third-order valence-corrected chi connectivity index (χ3v) is 4.06. The van der Waals surface area contributed by atoms with Crippen LogP contribution >= 0.6 is 11.3 Å². The summed E-state index contributed by atoms with van der Waals surface area (Å²) in [6.07, 6.45) is 1.35. The normalized spacial score (nSPS) is 12.7. The van der Waals surface area contributed by atoms with Gasteiger partial charge in [-0.05, 0) is 22.4 Å². The lowest BCUT2D eigenvalue weighted by molar-refractivity contribution is 0.174. The molecule has 20 heavy (non-hydrogen) atoms. The van der Waals surface area contributed by atoms with Crippen LogP contribution in [0, 0.1) is 0 Å². The van der Waals surface area contributed by atoms with E-state index in [0.717, 1.165) is 17.5 Å². The van der Waals surface area contributed by atoms with Crippen LogP contribution in [0.5, 0.6) is 0 Å². The van der Waals surface area contributed by atoms with Crippen LogP contribution < -0.4 is 5.32 Å². The van der Waals surface area contributed by atoms with Crippen molar-refractivity contribution >= 4 is 22.1 Å². The topological polar surface area (TPSA) is 45.1 Å². The van der Waals surface area contributed by atoms with Gasteiger partial charge in [0.2, 0.25) is 0 Å². The first kappa shape index (κ1) is 13.2. The van der Waals surface area contributed by atoms with Gasteiger partial charge in [0.1, 0.15) is 0 Å². The summed E-state index contributed by atoms with van der Waals surface area (Å²) < 4.78 is 0. The molecule has 0 saturated carbocycles. The highest BCUT2D eigenvalue weighted by molar-refractivity contribution is 7.09. The van der Waals surface area contributed by atoms with Gasteiger partial charge in [0.05, 0.1) is 11.6 Å². The molecule has 3 rings (SSSR count). The Morgan fingerprint density at radius 1 is 1.15 bits per heavy atom. The molecule has 1 unspecified atom stereocenters. The third-order valence-electron chi connectivity index (χ3n) is 3.28. The molecule has 2 N–H and O–H groups in total. The van der Waals surface area contributed by atoms with Crippen molar-refractivity contribution in [3.8, 4) is 0 Å². The van der Waals surface area contributed by atoms with E-state index >= 15 is 0 Å². The van der Waals surface area contributed by atoms with Crippen molar-refractivity contribution in [1.82, 2.24) is 10.3 Å². The van der Waals surface area contributed by atoms with Gasteiger partial charge in [0.25, 0.3) is 0 Å². The van der Waals surface area contributed by atoms with Gasteiger partial charge in [-0.15, -0.1) is 11.3 Å². The number of aliphatic hydroxyl groups is 1. The number of hydrogen-bond donors (Lipinski definition) is 2. The Hall–Kier alpha value is -1.75. The lowest BCUT2D eigenvalue weighted by atomic mass is 10.0. The van der Waals surface area contributed by atoms with E-state index in [0.29, 0.717) is 6.54 Å². The van der Waals surface area contributed by atoms with E-state index in [2.05, 4.69) is 28.5 Å². The molecule has 0 spiro atoms. The van der Waals surface area contributed by atoms with Crippen molar-refractivity contribution in [3.63, 3.8) is 0 Å². The van der Waals surface area contributed by atoms with E-state index in [1.54, 1.807) is 11.3 Å². The van der Waals surface area contributed by atoms with Crippen LogP contribution in [0.4, 0.5) is 0 Å². The van der Waals surface area contributed by atoms with Crippen molar-refractivity contribution in [3.05, 3.63) is 64.6 Å². The minimum atomic E-state index is -0.493. The van der Waals surface area contributed by atoms with Crippen LogP contribution in [0.25, 0.3) is 10.8 Å². The predicted octanol–water partition coefficient (Wildman–Crippen LogP) is 3.12. The van der Waals surface area contributed by atoms with Crippen molar-refractivity contribution < 1.29 is 5.11 Å². The first-order chi connectivity index (χ1) is 9.83. The first-order valence-corrected chi connectivity index (χ1v) is 7.46. The van der Waals surface area contributed by atoms with Crippen molar-refractivity contribution in [2.24, 2.45) is 0 Å². The van der Waals surface area contributed by atoms with Crippen LogP contribution in [0.2, 0.25) is 0 Å². The molecule has 4 heteroatoms. The fraction of sp³-hybridized carbons (Fsp3) is 0.188. The number of benzene rings is 2. The van der Waals surface area contributed by atoms with Gasteiger partial charge in [-0.1, -0.05) is 36.4 Å². The number of nitrogens with one attached hydrogen (secondary N) is 1. The number of aliphatic hydroxyl groups excluding tert-OH is 1. The summed E-state index contributed by atoms with van der Waals surface area (Å²) in [5.74, 6) is 0. The van der Waals surface area contributed by atoms with E-state index in [9.17, 15) is 5.11 Å². The van der Waals surface area contributed by atoms with Crippen molar-refractivity contribution in [1.29, 1.82) is 0 Å². The van der Waals surface area contributed by atoms with E-state index in [4.69, 9.17) is 0 Å². The summed E-state index contributed by atoms with van der Waals surface area (Å²) in [4.78, 5) is 5.20. The van der Waals surface area contributed by atoms with Crippen LogP contribution in [0.3, 0.4) is 0 Å². The highest BCUT2D eigenvalue weighted by Gasteiger charge is 2.07. The number of fused-ring (bicyclic) bond motifs is 1. The standard InChI is InChI=1S/C16H16N2OS/c19-16(10-17-8-15-9-18-11-20-15)14-6-5-12-3-1-2-4-13(12)7-14/h1-7,9,11,16-17,19H,8,10H2. The lowest BCUT2D eigenvalue weighted by Crippen LogP contribution is -2.20. The van der Waals surface area contributed by atoms with E-state index in [1.807, 2.05) is 36.0 Å². The highest BCUT2D eigenvalue weighted by Crippen LogP contribution is 2.20. The molecule has 2 aromatic carbocycles. The van der Waals surface area contributed by atoms with Gasteiger partial charge >= 0.3 is 0 Å². The van der Waals surface area contributed by atoms with Gasteiger partial charge in [0, 0.05) is 24.2 Å². The third kappa shape index (κ3) is 3.04. The van der Waals surface area contributed by atoms with Gasteiger partial charge in [0.15, 0.2) is 0 Å². The Morgan fingerprint density at radius 3 is 2.80 bits per heavy atom. The largest absolute Gasteiger partial charge is 0.387 e. The second kappa shape index (κ2) is 6.13. The van der Waals surface area contributed by atoms with Crippen LogP contribution in [0.1, 0.15) is 16.5 Å². The molecule has 0 saturated heterocycles. The molecule has 0 bridgehead atoms. The highest BCUT2D eigenvalue weighted by atomic mass is 32.1. The summed E-state index contributed by atoms with van der Waals surface area (Å²) in [6.45, 7) is 1.28. The zero-order valence-corrected chi connectivity index (χ0v) is 11.8. The molecule has 1 atom stereocenters. The zero-order chi connectivity index (χ0) is 13.8. The first-order valence-electron chi connectivity index (χ1n) is 6.58. The zero-order valence-electron chi connectivity index (χ0n) is 11.0. The molecule has 1 aromatic heterocycles. The molecule has 3 nitrogen and oxygen atoms in total. The number of hydrogen-bond acceptors (Lipinski definition) is 4. The van der Waals surface area contributed by atoms with Crippen LogP contribution in [-0.4, -0.2) is 16.6 Å². The molecule has 0 aliphatic carbocycles. The number of thiazole rings is 1. The number of rotatable bonds is 5. The second-order valence-corrected chi connectivity index (χ2v) is 5.69. The van der Waals surface area contributed by atoms with E-state index in [-0.39, 0.29) is 0 Å². The summed E-state index contributed by atoms with van der Waals surface area (Å²) in [7, 11) is 0. The lowest BCUT2D eigenvalue weighted by Gasteiger charge is -2.12. The Morgan fingerprint density at radius 2 is 2.00 bits per heavy atom. The minimum Gasteiger partial charge on any atom is -0.387 e.